The van der Waals surface area contributed by atoms with Crippen molar-refractivity contribution in [3.8, 4) is 5.75 Å². The molecule has 1 saturated heterocycles. The number of hydrogen-bond donors (Lipinski definition) is 2. The highest BCUT2D eigenvalue weighted by molar-refractivity contribution is 6.46. The van der Waals surface area contributed by atoms with Gasteiger partial charge in [0.25, 0.3) is 11.7 Å². The summed E-state index contributed by atoms with van der Waals surface area (Å²) < 4.78 is 10.8. The zero-order chi connectivity index (χ0) is 23.1. The minimum Gasteiger partial charge on any atom is -0.507 e. The first-order valence-corrected chi connectivity index (χ1v) is 10.8. The first kappa shape index (κ1) is 23.5. The largest absolute Gasteiger partial charge is 0.507 e. The first-order chi connectivity index (χ1) is 15.5. The maximum Gasteiger partial charge on any atom is 0.295 e. The summed E-state index contributed by atoms with van der Waals surface area (Å²) in [6.07, 6.45) is 0.863. The highest BCUT2D eigenvalue weighted by Crippen LogP contribution is 2.39. The molecule has 32 heavy (non-hydrogen) atoms. The van der Waals surface area contributed by atoms with E-state index >= 15 is 0 Å². The molecule has 170 valence electrons. The Hall–Kier alpha value is -3.16. The molecule has 2 aromatic carbocycles. The van der Waals surface area contributed by atoms with Crippen LogP contribution in [-0.4, -0.2) is 59.8 Å². The van der Waals surface area contributed by atoms with Crippen molar-refractivity contribution in [3.63, 3.8) is 0 Å². The van der Waals surface area contributed by atoms with Crippen molar-refractivity contribution < 1.29 is 29.3 Å². The quantitative estimate of drug-likeness (QED) is 0.256. The van der Waals surface area contributed by atoms with Crippen LogP contribution in [0.3, 0.4) is 0 Å². The zero-order valence-corrected chi connectivity index (χ0v) is 18.4. The molecule has 2 N–H and O–H groups in total. The van der Waals surface area contributed by atoms with E-state index in [1.807, 2.05) is 38.1 Å². The molecule has 7 heteroatoms. The molecule has 0 bridgehead atoms. The number of aryl methyl sites for hydroxylation is 1. The molecule has 0 radical (unpaired) electrons. The van der Waals surface area contributed by atoms with Gasteiger partial charge in [0.15, 0.2) is 0 Å². The molecule has 1 fully saturated rings. The van der Waals surface area contributed by atoms with E-state index in [2.05, 4.69) is 0 Å². The van der Waals surface area contributed by atoms with Crippen LogP contribution in [0.1, 0.15) is 36.6 Å². The topological polar surface area (TPSA) is 96.3 Å². The Bertz CT molecular complexity index is 965. The first-order valence-electron chi connectivity index (χ1n) is 10.8. The lowest BCUT2D eigenvalue weighted by atomic mass is 9.94. The molecule has 7 nitrogen and oxygen atoms in total. The summed E-state index contributed by atoms with van der Waals surface area (Å²) >= 11 is 0. The van der Waals surface area contributed by atoms with Gasteiger partial charge in [-0.25, -0.2) is 0 Å². The van der Waals surface area contributed by atoms with Crippen LogP contribution in [0.25, 0.3) is 5.76 Å². The highest BCUT2D eigenvalue weighted by atomic mass is 16.5. The number of carbonyl (C=O) groups excluding carboxylic acids is 2. The Morgan fingerprint density at radius 1 is 1.00 bits per heavy atom. The average Bonchev–Trinajstić information content (AvgIpc) is 3.07. The van der Waals surface area contributed by atoms with Gasteiger partial charge in [-0.05, 0) is 48.7 Å². The number of rotatable bonds is 10. The summed E-state index contributed by atoms with van der Waals surface area (Å²) in [5, 5.41) is 20.0. The van der Waals surface area contributed by atoms with Crippen molar-refractivity contribution in [2.45, 2.75) is 26.3 Å². The summed E-state index contributed by atoms with van der Waals surface area (Å²) in [7, 11) is 0. The molecular formula is C25H29NO6. The van der Waals surface area contributed by atoms with Crippen molar-refractivity contribution in [2.24, 2.45) is 0 Å². The molecule has 0 aliphatic carbocycles. The van der Waals surface area contributed by atoms with Crippen LogP contribution >= 0.6 is 0 Å². The number of aliphatic hydroxyl groups is 2. The van der Waals surface area contributed by atoms with E-state index < -0.39 is 17.7 Å². The molecule has 0 aromatic heterocycles. The molecule has 1 aliphatic heterocycles. The van der Waals surface area contributed by atoms with Gasteiger partial charge in [0.2, 0.25) is 0 Å². The molecular weight excluding hydrogens is 410 g/mol. The minimum atomic E-state index is -0.733. The Balaban J connectivity index is 2.02. The van der Waals surface area contributed by atoms with Crippen molar-refractivity contribution >= 4 is 17.4 Å². The lowest BCUT2D eigenvalue weighted by Gasteiger charge is -2.25. The van der Waals surface area contributed by atoms with Gasteiger partial charge >= 0.3 is 0 Å². The summed E-state index contributed by atoms with van der Waals surface area (Å²) in [5.41, 5.74) is 2.34. The second-order valence-electron chi connectivity index (χ2n) is 7.38. The van der Waals surface area contributed by atoms with E-state index in [-0.39, 0.29) is 37.7 Å². The molecule has 0 unspecified atom stereocenters. The summed E-state index contributed by atoms with van der Waals surface area (Å²) in [5.74, 6) is -0.996. The predicted molar refractivity (Wildman–Crippen MR) is 120 cm³/mol. The van der Waals surface area contributed by atoms with E-state index in [0.29, 0.717) is 17.9 Å². The normalized spacial score (nSPS) is 17.7. The van der Waals surface area contributed by atoms with E-state index in [4.69, 9.17) is 14.6 Å². The Morgan fingerprint density at radius 2 is 1.69 bits per heavy atom. The monoisotopic (exact) mass is 439 g/mol. The van der Waals surface area contributed by atoms with Gasteiger partial charge in [-0.1, -0.05) is 31.2 Å². The van der Waals surface area contributed by atoms with Gasteiger partial charge in [-0.15, -0.1) is 0 Å². The molecule has 1 atom stereocenters. The summed E-state index contributed by atoms with van der Waals surface area (Å²) in [4.78, 5) is 27.3. The van der Waals surface area contributed by atoms with Gasteiger partial charge in [0.05, 0.1) is 38.0 Å². The number of ketones is 1. The number of nitrogens with zero attached hydrogens (tertiary/aromatic N) is 1. The van der Waals surface area contributed by atoms with E-state index in [1.54, 1.807) is 24.3 Å². The molecule has 0 spiro atoms. The number of benzene rings is 2. The Morgan fingerprint density at radius 3 is 2.28 bits per heavy atom. The summed E-state index contributed by atoms with van der Waals surface area (Å²) in [6, 6.07) is 13.7. The molecule has 1 aliphatic rings. The number of likely N-dealkylation sites (tertiary alicyclic amines) is 1. The SMILES string of the molecule is CCOc1ccc(/C(O)=C2\C(=O)C(=O)N(CCOCCO)[C@H]2c2ccc(CC)cc2)cc1. The van der Waals surface area contributed by atoms with Crippen LogP contribution in [0.5, 0.6) is 5.75 Å². The van der Waals surface area contributed by atoms with Gasteiger partial charge < -0.3 is 24.6 Å². The maximum atomic E-state index is 13.0. The number of amides is 1. The van der Waals surface area contributed by atoms with Crippen molar-refractivity contribution in [1.29, 1.82) is 0 Å². The number of Topliss-reactive ketones (excluding diaryl/α,β-unsaturated/α-hetero) is 1. The number of ether oxygens (including phenoxy) is 2. The highest BCUT2D eigenvalue weighted by Gasteiger charge is 2.45. The van der Waals surface area contributed by atoms with Crippen LogP contribution in [0.15, 0.2) is 54.1 Å². The lowest BCUT2D eigenvalue weighted by Crippen LogP contribution is -2.33. The fourth-order valence-electron chi connectivity index (χ4n) is 3.75. The molecule has 1 amide bonds. The second kappa shape index (κ2) is 10.9. The van der Waals surface area contributed by atoms with E-state index in [1.165, 1.54) is 4.90 Å². The van der Waals surface area contributed by atoms with Crippen molar-refractivity contribution in [1.82, 2.24) is 4.90 Å². The molecule has 3 rings (SSSR count). The van der Waals surface area contributed by atoms with Gasteiger partial charge in [-0.2, -0.15) is 0 Å². The third kappa shape index (κ3) is 5.00. The van der Waals surface area contributed by atoms with Gasteiger partial charge in [0.1, 0.15) is 11.5 Å². The van der Waals surface area contributed by atoms with Crippen LogP contribution in [-0.2, 0) is 20.7 Å². The molecule has 1 heterocycles. The van der Waals surface area contributed by atoms with Crippen LogP contribution in [0, 0.1) is 0 Å². The fraction of sp³-hybridized carbons (Fsp3) is 0.360. The third-order valence-corrected chi connectivity index (χ3v) is 5.39. The fourth-order valence-corrected chi connectivity index (χ4v) is 3.75. The maximum absolute atomic E-state index is 13.0. The predicted octanol–water partition coefficient (Wildman–Crippen LogP) is 3.08. The molecule has 2 aromatic rings. The number of carbonyl (C=O) groups is 2. The standard InChI is InChI=1S/C25H29NO6/c1-3-17-5-7-18(8-6-17)22-21(23(28)19-9-11-20(12-10-19)32-4-2)24(29)25(30)26(22)13-15-31-16-14-27/h5-12,22,27-28H,3-4,13-16H2,1-2H3/b23-21+/t22-/m0/s1. The van der Waals surface area contributed by atoms with Crippen LogP contribution in [0.2, 0.25) is 0 Å². The van der Waals surface area contributed by atoms with Crippen molar-refractivity contribution in [3.05, 3.63) is 70.8 Å². The number of hydrogen-bond acceptors (Lipinski definition) is 6. The third-order valence-electron chi connectivity index (χ3n) is 5.39. The van der Waals surface area contributed by atoms with E-state index in [9.17, 15) is 14.7 Å². The smallest absolute Gasteiger partial charge is 0.295 e. The lowest BCUT2D eigenvalue weighted by molar-refractivity contribution is -0.140. The van der Waals surface area contributed by atoms with Crippen LogP contribution < -0.4 is 4.74 Å². The Kier molecular flexibility index (Phi) is 8.03. The van der Waals surface area contributed by atoms with Gasteiger partial charge in [-0.3, -0.25) is 9.59 Å². The second-order valence-corrected chi connectivity index (χ2v) is 7.38. The minimum absolute atomic E-state index is 0.0468. The van der Waals surface area contributed by atoms with Gasteiger partial charge in [0, 0.05) is 12.1 Å². The number of aliphatic hydroxyl groups excluding tert-OH is 2. The Labute approximate surface area is 187 Å². The summed E-state index contributed by atoms with van der Waals surface area (Å²) in [6.45, 7) is 4.78. The van der Waals surface area contributed by atoms with Crippen molar-refractivity contribution in [2.75, 3.05) is 33.0 Å². The zero-order valence-electron chi connectivity index (χ0n) is 18.4. The molecule has 0 saturated carbocycles. The van der Waals surface area contributed by atoms with E-state index in [0.717, 1.165) is 17.5 Å². The van der Waals surface area contributed by atoms with Crippen LogP contribution in [0.4, 0.5) is 0 Å². The average molecular weight is 440 g/mol.